The molecule has 0 fully saturated rings. The van der Waals surface area contributed by atoms with Gasteiger partial charge in [0.15, 0.2) is 0 Å². The van der Waals surface area contributed by atoms with Crippen LogP contribution in [-0.2, 0) is 0 Å². The van der Waals surface area contributed by atoms with Crippen LogP contribution < -0.4 is 5.32 Å². The number of thioether (sulfide) groups is 1. The van der Waals surface area contributed by atoms with Gasteiger partial charge >= 0.3 is 0 Å². The van der Waals surface area contributed by atoms with Crippen molar-refractivity contribution in [2.45, 2.75) is 43.9 Å². The third kappa shape index (κ3) is 3.54. The molecule has 0 spiro atoms. The van der Waals surface area contributed by atoms with E-state index in [-0.39, 0.29) is 0 Å². The Bertz CT molecular complexity index is 322. The van der Waals surface area contributed by atoms with E-state index in [1.165, 1.54) is 16.0 Å². The smallest absolute Gasteiger partial charge is 0.0217 e. The molecule has 2 unspecified atom stereocenters. The van der Waals surface area contributed by atoms with Crippen LogP contribution in [0.15, 0.2) is 23.1 Å². The molecule has 2 heteroatoms. The molecule has 0 aromatic heterocycles. The van der Waals surface area contributed by atoms with Crippen molar-refractivity contribution < 1.29 is 0 Å². The van der Waals surface area contributed by atoms with Crippen molar-refractivity contribution in [1.29, 1.82) is 0 Å². The van der Waals surface area contributed by atoms with Crippen LogP contribution in [-0.4, -0.2) is 18.3 Å². The molecule has 1 aromatic rings. The molecule has 1 N–H and O–H groups in total. The van der Waals surface area contributed by atoms with Crippen molar-refractivity contribution in [2.75, 3.05) is 7.05 Å². The van der Waals surface area contributed by atoms with Gasteiger partial charge in [-0.15, -0.1) is 11.8 Å². The van der Waals surface area contributed by atoms with Gasteiger partial charge in [0.05, 0.1) is 0 Å². The summed E-state index contributed by atoms with van der Waals surface area (Å²) in [5.74, 6) is 0. The van der Waals surface area contributed by atoms with Crippen LogP contribution in [0.3, 0.4) is 0 Å². The maximum Gasteiger partial charge on any atom is 0.0217 e. The lowest BCUT2D eigenvalue weighted by molar-refractivity contribution is 0.605. The van der Waals surface area contributed by atoms with E-state index in [0.29, 0.717) is 11.3 Å². The highest BCUT2D eigenvalue weighted by molar-refractivity contribution is 8.00. The predicted molar refractivity (Wildman–Crippen MR) is 69.8 cm³/mol. The van der Waals surface area contributed by atoms with Crippen LogP contribution in [0, 0.1) is 13.8 Å². The van der Waals surface area contributed by atoms with Crippen LogP contribution in [0.4, 0.5) is 0 Å². The summed E-state index contributed by atoms with van der Waals surface area (Å²) in [6.45, 7) is 8.82. The van der Waals surface area contributed by atoms with Crippen molar-refractivity contribution in [2.24, 2.45) is 0 Å². The van der Waals surface area contributed by atoms with Crippen molar-refractivity contribution >= 4 is 11.8 Å². The first-order valence-corrected chi connectivity index (χ1v) is 6.33. The topological polar surface area (TPSA) is 12.0 Å². The normalized spacial score (nSPS) is 15.0. The molecule has 0 aliphatic rings. The van der Waals surface area contributed by atoms with Crippen molar-refractivity contribution in [3.63, 3.8) is 0 Å². The third-order valence-electron chi connectivity index (χ3n) is 2.80. The van der Waals surface area contributed by atoms with Gasteiger partial charge in [0, 0.05) is 16.2 Å². The molecule has 1 nitrogen and oxygen atoms in total. The van der Waals surface area contributed by atoms with E-state index in [1.807, 2.05) is 18.8 Å². The number of aryl methyl sites for hydroxylation is 2. The number of hydrogen-bond acceptors (Lipinski definition) is 2. The Labute approximate surface area is 97.7 Å². The molecule has 0 amide bonds. The first-order valence-electron chi connectivity index (χ1n) is 5.45. The molecule has 0 bridgehead atoms. The molecule has 15 heavy (non-hydrogen) atoms. The summed E-state index contributed by atoms with van der Waals surface area (Å²) < 4.78 is 0. The van der Waals surface area contributed by atoms with Crippen LogP contribution in [0.25, 0.3) is 0 Å². The Morgan fingerprint density at radius 3 is 2.40 bits per heavy atom. The van der Waals surface area contributed by atoms with Crippen LogP contribution in [0.2, 0.25) is 0 Å². The highest BCUT2D eigenvalue weighted by atomic mass is 32.2. The molecule has 0 saturated heterocycles. The van der Waals surface area contributed by atoms with Crippen LogP contribution in [0.1, 0.15) is 25.0 Å². The molecule has 0 heterocycles. The molecule has 84 valence electrons. The largest absolute Gasteiger partial charge is 0.316 e. The zero-order valence-electron chi connectivity index (χ0n) is 10.3. The van der Waals surface area contributed by atoms with E-state index in [9.17, 15) is 0 Å². The molecule has 1 aromatic carbocycles. The average Bonchev–Trinajstić information content (AvgIpc) is 2.20. The molecule has 0 radical (unpaired) electrons. The Balaban J connectivity index is 2.72. The molecule has 0 aliphatic heterocycles. The minimum atomic E-state index is 0.538. The number of benzene rings is 1. The van der Waals surface area contributed by atoms with E-state index in [1.54, 1.807) is 0 Å². The van der Waals surface area contributed by atoms with Gasteiger partial charge in [0.2, 0.25) is 0 Å². The van der Waals surface area contributed by atoms with E-state index in [0.717, 1.165) is 0 Å². The number of rotatable bonds is 4. The fourth-order valence-electron chi connectivity index (χ4n) is 1.47. The van der Waals surface area contributed by atoms with Gasteiger partial charge in [0.1, 0.15) is 0 Å². The summed E-state index contributed by atoms with van der Waals surface area (Å²) >= 11 is 1.95. The Morgan fingerprint density at radius 1 is 1.20 bits per heavy atom. The Hall–Kier alpha value is -0.470. The summed E-state index contributed by atoms with van der Waals surface area (Å²) in [6.07, 6.45) is 0. The minimum absolute atomic E-state index is 0.538. The van der Waals surface area contributed by atoms with Gasteiger partial charge in [0.25, 0.3) is 0 Å². The molecule has 1 rings (SSSR count). The van der Waals surface area contributed by atoms with E-state index >= 15 is 0 Å². The summed E-state index contributed by atoms with van der Waals surface area (Å²) in [4.78, 5) is 1.40. The van der Waals surface area contributed by atoms with Crippen LogP contribution >= 0.6 is 11.8 Å². The number of hydrogen-bond donors (Lipinski definition) is 1. The lowest BCUT2D eigenvalue weighted by Crippen LogP contribution is -2.30. The van der Waals surface area contributed by atoms with Gasteiger partial charge in [-0.05, 0) is 39.4 Å². The Kier molecular flexibility index (Phi) is 4.68. The zero-order chi connectivity index (χ0) is 11.4. The van der Waals surface area contributed by atoms with E-state index in [2.05, 4.69) is 51.2 Å². The lowest BCUT2D eigenvalue weighted by atomic mass is 10.2. The van der Waals surface area contributed by atoms with Crippen molar-refractivity contribution in [3.8, 4) is 0 Å². The standard InChI is InChI=1S/C13H21NS/c1-9-6-7-13(10(2)8-9)15-12(4)11(3)14-5/h6-8,11-12,14H,1-5H3. The van der Waals surface area contributed by atoms with Gasteiger partial charge in [-0.1, -0.05) is 24.6 Å². The van der Waals surface area contributed by atoms with E-state index < -0.39 is 0 Å². The van der Waals surface area contributed by atoms with Gasteiger partial charge in [-0.3, -0.25) is 0 Å². The summed E-state index contributed by atoms with van der Waals surface area (Å²) in [7, 11) is 2.02. The minimum Gasteiger partial charge on any atom is -0.316 e. The third-order valence-corrected chi connectivity index (χ3v) is 4.29. The highest BCUT2D eigenvalue weighted by Gasteiger charge is 2.12. The maximum absolute atomic E-state index is 3.29. The predicted octanol–water partition coefficient (Wildman–Crippen LogP) is 3.39. The maximum atomic E-state index is 3.29. The van der Waals surface area contributed by atoms with Gasteiger partial charge < -0.3 is 5.32 Å². The van der Waals surface area contributed by atoms with E-state index in [4.69, 9.17) is 0 Å². The fraction of sp³-hybridized carbons (Fsp3) is 0.538. The average molecular weight is 223 g/mol. The fourth-order valence-corrected chi connectivity index (χ4v) is 2.60. The first kappa shape index (κ1) is 12.6. The molecular weight excluding hydrogens is 202 g/mol. The van der Waals surface area contributed by atoms with Crippen molar-refractivity contribution in [3.05, 3.63) is 29.3 Å². The number of nitrogens with one attached hydrogen (secondary N) is 1. The Morgan fingerprint density at radius 2 is 1.87 bits per heavy atom. The molecule has 0 aliphatic carbocycles. The van der Waals surface area contributed by atoms with Crippen molar-refractivity contribution in [1.82, 2.24) is 5.32 Å². The summed E-state index contributed by atoms with van der Waals surface area (Å²) in [6, 6.07) is 7.20. The lowest BCUT2D eigenvalue weighted by Gasteiger charge is -2.19. The molecular formula is C13H21NS. The highest BCUT2D eigenvalue weighted by Crippen LogP contribution is 2.28. The van der Waals surface area contributed by atoms with Crippen LogP contribution in [0.5, 0.6) is 0 Å². The quantitative estimate of drug-likeness (QED) is 0.785. The van der Waals surface area contributed by atoms with Gasteiger partial charge in [-0.25, -0.2) is 0 Å². The molecule has 2 atom stereocenters. The summed E-state index contributed by atoms with van der Waals surface area (Å²) in [5.41, 5.74) is 2.72. The second-order valence-electron chi connectivity index (χ2n) is 4.17. The second kappa shape index (κ2) is 5.57. The molecule has 0 saturated carbocycles. The SMILES string of the molecule is CNC(C)C(C)Sc1ccc(C)cc1C. The monoisotopic (exact) mass is 223 g/mol. The second-order valence-corrected chi connectivity index (χ2v) is 5.59. The van der Waals surface area contributed by atoms with Gasteiger partial charge in [-0.2, -0.15) is 0 Å². The summed E-state index contributed by atoms with van der Waals surface area (Å²) in [5, 5.41) is 3.89. The first-order chi connectivity index (χ1) is 7.04. The zero-order valence-corrected chi connectivity index (χ0v) is 11.1.